The lowest BCUT2D eigenvalue weighted by Gasteiger charge is -2.11. The van der Waals surface area contributed by atoms with Gasteiger partial charge in [-0.05, 0) is 67.6 Å². The fourth-order valence-electron chi connectivity index (χ4n) is 3.29. The molecule has 3 aromatic carbocycles. The third kappa shape index (κ3) is 6.94. The SMILES string of the molecule is COc1ccc(Nc2cc(C)nc(NCCNC(=O)c3ccc(Oc4ccccc4)cc3)n2)cc1. The Labute approximate surface area is 204 Å². The van der Waals surface area contributed by atoms with Crippen LogP contribution in [0.2, 0.25) is 0 Å². The Hall–Kier alpha value is -4.59. The number of anilines is 3. The summed E-state index contributed by atoms with van der Waals surface area (Å²) in [4.78, 5) is 21.4. The Balaban J connectivity index is 1.25. The number of nitrogens with zero attached hydrogens (tertiary/aromatic N) is 2. The molecule has 0 spiro atoms. The van der Waals surface area contributed by atoms with Crippen molar-refractivity contribution in [2.75, 3.05) is 30.8 Å². The highest BCUT2D eigenvalue weighted by molar-refractivity contribution is 5.94. The quantitative estimate of drug-likeness (QED) is 0.276. The van der Waals surface area contributed by atoms with Gasteiger partial charge in [0.25, 0.3) is 5.91 Å². The molecular formula is C27H27N5O3. The van der Waals surface area contributed by atoms with Crippen LogP contribution in [0.4, 0.5) is 17.5 Å². The minimum absolute atomic E-state index is 0.162. The molecule has 0 saturated heterocycles. The van der Waals surface area contributed by atoms with Crippen molar-refractivity contribution >= 4 is 23.4 Å². The van der Waals surface area contributed by atoms with E-state index in [0.29, 0.717) is 36.2 Å². The van der Waals surface area contributed by atoms with Gasteiger partial charge in [0.2, 0.25) is 5.95 Å². The minimum atomic E-state index is -0.162. The van der Waals surface area contributed by atoms with Gasteiger partial charge in [0.05, 0.1) is 7.11 Å². The Morgan fingerprint density at radius 3 is 2.23 bits per heavy atom. The number of amides is 1. The molecule has 0 bridgehead atoms. The zero-order chi connectivity index (χ0) is 24.5. The van der Waals surface area contributed by atoms with Gasteiger partial charge in [-0.1, -0.05) is 18.2 Å². The number of aryl methyl sites for hydroxylation is 1. The third-order valence-corrected chi connectivity index (χ3v) is 5.01. The van der Waals surface area contributed by atoms with Gasteiger partial charge in [-0.3, -0.25) is 4.79 Å². The van der Waals surface area contributed by atoms with Crippen LogP contribution in [0, 0.1) is 6.92 Å². The van der Waals surface area contributed by atoms with Crippen LogP contribution in [0.1, 0.15) is 16.1 Å². The maximum atomic E-state index is 12.5. The minimum Gasteiger partial charge on any atom is -0.497 e. The number of methoxy groups -OCH3 is 1. The molecule has 1 heterocycles. The molecule has 0 aliphatic rings. The van der Waals surface area contributed by atoms with E-state index in [9.17, 15) is 4.79 Å². The van der Waals surface area contributed by atoms with Crippen LogP contribution in [0.5, 0.6) is 17.2 Å². The number of hydrogen-bond donors (Lipinski definition) is 3. The van der Waals surface area contributed by atoms with Gasteiger partial charge in [-0.15, -0.1) is 0 Å². The lowest BCUT2D eigenvalue weighted by Crippen LogP contribution is -2.29. The number of carbonyl (C=O) groups excluding carboxylic acids is 1. The van der Waals surface area contributed by atoms with Crippen molar-refractivity contribution in [3.8, 4) is 17.2 Å². The Morgan fingerprint density at radius 1 is 0.829 bits per heavy atom. The molecule has 0 saturated carbocycles. The van der Waals surface area contributed by atoms with Crippen LogP contribution >= 0.6 is 0 Å². The second kappa shape index (κ2) is 11.5. The van der Waals surface area contributed by atoms with E-state index in [1.54, 1.807) is 31.4 Å². The molecule has 3 N–H and O–H groups in total. The van der Waals surface area contributed by atoms with E-state index in [0.717, 1.165) is 22.9 Å². The lowest BCUT2D eigenvalue weighted by molar-refractivity contribution is 0.0955. The molecule has 4 rings (SSSR count). The molecule has 1 aromatic heterocycles. The lowest BCUT2D eigenvalue weighted by atomic mass is 10.2. The Kier molecular flexibility index (Phi) is 7.75. The molecular weight excluding hydrogens is 442 g/mol. The highest BCUT2D eigenvalue weighted by Gasteiger charge is 2.07. The number of rotatable bonds is 10. The zero-order valence-electron chi connectivity index (χ0n) is 19.6. The predicted molar refractivity (Wildman–Crippen MR) is 137 cm³/mol. The van der Waals surface area contributed by atoms with E-state index in [1.165, 1.54) is 0 Å². The molecule has 0 unspecified atom stereocenters. The van der Waals surface area contributed by atoms with E-state index in [1.807, 2.05) is 67.6 Å². The van der Waals surface area contributed by atoms with Crippen molar-refractivity contribution in [1.82, 2.24) is 15.3 Å². The number of carbonyl (C=O) groups is 1. The standard InChI is InChI=1S/C27H27N5O3/c1-19-18-25(31-21-10-14-22(34-2)15-11-21)32-27(30-19)29-17-16-28-26(33)20-8-12-24(13-9-20)35-23-6-4-3-5-7-23/h3-15,18H,16-17H2,1-2H3,(H,28,33)(H2,29,30,31,32). The van der Waals surface area contributed by atoms with Crippen LogP contribution in [-0.4, -0.2) is 36.1 Å². The van der Waals surface area contributed by atoms with Gasteiger partial charge in [-0.2, -0.15) is 4.98 Å². The van der Waals surface area contributed by atoms with Gasteiger partial charge in [-0.25, -0.2) is 4.98 Å². The van der Waals surface area contributed by atoms with Gasteiger partial charge >= 0.3 is 0 Å². The molecule has 35 heavy (non-hydrogen) atoms. The fraction of sp³-hybridized carbons (Fsp3) is 0.148. The second-order valence-electron chi connectivity index (χ2n) is 7.69. The first-order valence-electron chi connectivity index (χ1n) is 11.2. The van der Waals surface area contributed by atoms with Crippen molar-refractivity contribution < 1.29 is 14.3 Å². The zero-order valence-corrected chi connectivity index (χ0v) is 19.6. The number of benzene rings is 3. The molecule has 1 amide bonds. The molecule has 0 fully saturated rings. The van der Waals surface area contributed by atoms with Gasteiger partial charge in [0, 0.05) is 36.1 Å². The van der Waals surface area contributed by atoms with E-state index in [2.05, 4.69) is 25.9 Å². The van der Waals surface area contributed by atoms with Crippen molar-refractivity contribution in [2.45, 2.75) is 6.92 Å². The summed E-state index contributed by atoms with van der Waals surface area (Å²) in [5.74, 6) is 3.20. The average molecular weight is 470 g/mol. The summed E-state index contributed by atoms with van der Waals surface area (Å²) in [6, 6.07) is 26.0. The van der Waals surface area contributed by atoms with E-state index in [4.69, 9.17) is 9.47 Å². The van der Waals surface area contributed by atoms with E-state index >= 15 is 0 Å². The number of nitrogens with one attached hydrogen (secondary N) is 3. The smallest absolute Gasteiger partial charge is 0.251 e. The summed E-state index contributed by atoms with van der Waals surface area (Å²) in [5, 5.41) is 9.31. The summed E-state index contributed by atoms with van der Waals surface area (Å²) in [6.45, 7) is 2.80. The van der Waals surface area contributed by atoms with Crippen LogP contribution in [-0.2, 0) is 0 Å². The highest BCUT2D eigenvalue weighted by atomic mass is 16.5. The Morgan fingerprint density at radius 2 is 1.51 bits per heavy atom. The molecule has 0 aliphatic carbocycles. The fourth-order valence-corrected chi connectivity index (χ4v) is 3.29. The van der Waals surface area contributed by atoms with Crippen molar-refractivity contribution in [3.63, 3.8) is 0 Å². The Bertz CT molecular complexity index is 1250. The van der Waals surface area contributed by atoms with Crippen LogP contribution in [0.3, 0.4) is 0 Å². The van der Waals surface area contributed by atoms with Crippen molar-refractivity contribution in [2.24, 2.45) is 0 Å². The maximum Gasteiger partial charge on any atom is 0.251 e. The highest BCUT2D eigenvalue weighted by Crippen LogP contribution is 2.21. The summed E-state index contributed by atoms with van der Waals surface area (Å²) >= 11 is 0. The van der Waals surface area contributed by atoms with E-state index in [-0.39, 0.29) is 5.91 Å². The van der Waals surface area contributed by atoms with Crippen molar-refractivity contribution in [3.05, 3.63) is 96.2 Å². The number of aromatic nitrogens is 2. The second-order valence-corrected chi connectivity index (χ2v) is 7.69. The monoisotopic (exact) mass is 469 g/mol. The number of para-hydroxylation sites is 1. The molecule has 0 radical (unpaired) electrons. The van der Waals surface area contributed by atoms with Gasteiger partial charge in [0.1, 0.15) is 23.1 Å². The number of hydrogen-bond acceptors (Lipinski definition) is 7. The molecule has 8 nitrogen and oxygen atoms in total. The normalized spacial score (nSPS) is 10.3. The predicted octanol–water partition coefficient (Wildman–Crippen LogP) is 5.17. The largest absolute Gasteiger partial charge is 0.497 e. The van der Waals surface area contributed by atoms with Crippen molar-refractivity contribution in [1.29, 1.82) is 0 Å². The molecule has 178 valence electrons. The summed E-state index contributed by atoms with van der Waals surface area (Å²) < 4.78 is 10.9. The summed E-state index contributed by atoms with van der Waals surface area (Å²) in [6.07, 6.45) is 0. The summed E-state index contributed by atoms with van der Waals surface area (Å²) in [5.41, 5.74) is 2.27. The maximum absolute atomic E-state index is 12.5. The molecule has 0 atom stereocenters. The first-order chi connectivity index (χ1) is 17.1. The van der Waals surface area contributed by atoms with Gasteiger partial charge < -0.3 is 25.4 Å². The van der Waals surface area contributed by atoms with E-state index < -0.39 is 0 Å². The summed E-state index contributed by atoms with van der Waals surface area (Å²) in [7, 11) is 1.63. The first kappa shape index (κ1) is 23.6. The molecule has 4 aromatic rings. The van der Waals surface area contributed by atoms with Gasteiger partial charge in [0.15, 0.2) is 0 Å². The number of ether oxygens (including phenoxy) is 2. The molecule has 8 heteroatoms. The average Bonchev–Trinajstić information content (AvgIpc) is 2.88. The van der Waals surface area contributed by atoms with Crippen LogP contribution in [0.15, 0.2) is 84.9 Å². The molecule has 0 aliphatic heterocycles. The third-order valence-electron chi connectivity index (χ3n) is 5.01. The van der Waals surface area contributed by atoms with Crippen LogP contribution < -0.4 is 25.4 Å². The topological polar surface area (TPSA) is 97.4 Å². The first-order valence-corrected chi connectivity index (χ1v) is 11.2. The van der Waals surface area contributed by atoms with Crippen LogP contribution in [0.25, 0.3) is 0 Å².